The minimum absolute atomic E-state index is 0.114. The Morgan fingerprint density at radius 2 is 1.56 bits per heavy atom. The van der Waals surface area contributed by atoms with Gasteiger partial charge < -0.3 is 24.8 Å². The van der Waals surface area contributed by atoms with Crippen LogP contribution in [0.15, 0.2) is 48.5 Å². The number of hydrogen-bond acceptors (Lipinski definition) is 5. The molecule has 0 unspecified atom stereocenters. The van der Waals surface area contributed by atoms with E-state index in [0.717, 1.165) is 0 Å². The molecule has 0 aliphatic carbocycles. The zero-order chi connectivity index (χ0) is 18.1. The number of rotatable bonds is 5. The first-order valence-corrected chi connectivity index (χ1v) is 7.61. The van der Waals surface area contributed by atoms with E-state index < -0.39 is 23.6 Å². The zero-order valence-corrected chi connectivity index (χ0v) is 13.4. The molecule has 6 nitrogen and oxygen atoms in total. The molecule has 7 heteroatoms. The second-order valence-corrected chi connectivity index (χ2v) is 5.75. The molecular formula is C18H10ClNO5-2. The van der Waals surface area contributed by atoms with E-state index in [1.165, 1.54) is 18.2 Å². The number of aromatic amines is 1. The van der Waals surface area contributed by atoms with Crippen LogP contribution in [0.2, 0.25) is 5.02 Å². The number of halogens is 1. The van der Waals surface area contributed by atoms with Gasteiger partial charge in [-0.15, -0.1) is 0 Å². The number of aliphatic carboxylic acids is 2. The lowest BCUT2D eigenvalue weighted by molar-refractivity contribution is -0.326. The number of ketones is 1. The lowest BCUT2D eigenvalue weighted by Crippen LogP contribution is -2.42. The predicted molar refractivity (Wildman–Crippen MR) is 85.9 cm³/mol. The van der Waals surface area contributed by atoms with Gasteiger partial charge in [-0.05, 0) is 12.1 Å². The maximum Gasteiger partial charge on any atom is 0.209 e. The van der Waals surface area contributed by atoms with E-state index in [1.807, 2.05) is 0 Å². The quantitative estimate of drug-likeness (QED) is 0.533. The fourth-order valence-electron chi connectivity index (χ4n) is 2.76. The summed E-state index contributed by atoms with van der Waals surface area (Å²) < 4.78 is 0. The van der Waals surface area contributed by atoms with Crippen molar-refractivity contribution in [3.63, 3.8) is 0 Å². The number of fused-ring (bicyclic) bond motifs is 1. The van der Waals surface area contributed by atoms with E-state index in [-0.39, 0.29) is 27.2 Å². The van der Waals surface area contributed by atoms with Crippen LogP contribution in [0.25, 0.3) is 10.9 Å². The molecule has 25 heavy (non-hydrogen) atoms. The first kappa shape index (κ1) is 16.7. The van der Waals surface area contributed by atoms with Gasteiger partial charge in [-0.3, -0.25) is 4.79 Å². The number of carbonyl (C=O) groups is 3. The van der Waals surface area contributed by atoms with E-state index in [0.29, 0.717) is 5.52 Å². The molecule has 0 fully saturated rings. The number of carboxylic acids is 2. The van der Waals surface area contributed by atoms with Gasteiger partial charge in [-0.1, -0.05) is 48.0 Å². The number of hydrogen-bond donors (Lipinski definition) is 1. The van der Waals surface area contributed by atoms with E-state index in [9.17, 15) is 24.6 Å². The molecule has 1 aromatic heterocycles. The van der Waals surface area contributed by atoms with Crippen LogP contribution < -0.4 is 10.2 Å². The lowest BCUT2D eigenvalue weighted by atomic mass is 9.93. The SMILES string of the molecule is O=C(c1ccccc1)c1[nH]c2cccc(Cl)c2c1C(C(=O)[O-])C(=O)[O-]. The Labute approximate surface area is 146 Å². The Morgan fingerprint density at radius 1 is 0.920 bits per heavy atom. The summed E-state index contributed by atoms with van der Waals surface area (Å²) in [6.45, 7) is 0. The average Bonchev–Trinajstić information content (AvgIpc) is 2.95. The monoisotopic (exact) mass is 355 g/mol. The standard InChI is InChI=1S/C18H12ClNO5/c19-10-7-4-8-11-12(10)13(14(17(22)23)18(24)25)15(20-11)16(21)9-5-2-1-3-6-9/h1-8,14,20H,(H,22,23)(H,24,25)/p-2. The highest BCUT2D eigenvalue weighted by Gasteiger charge is 2.28. The summed E-state index contributed by atoms with van der Waals surface area (Å²) in [4.78, 5) is 38.4. The third-order valence-electron chi connectivity index (χ3n) is 3.84. The third kappa shape index (κ3) is 2.88. The van der Waals surface area contributed by atoms with Crippen molar-refractivity contribution < 1.29 is 24.6 Å². The van der Waals surface area contributed by atoms with Crippen LogP contribution >= 0.6 is 11.6 Å². The van der Waals surface area contributed by atoms with Gasteiger partial charge in [0.15, 0.2) is 0 Å². The number of nitrogens with one attached hydrogen (secondary N) is 1. The van der Waals surface area contributed by atoms with Gasteiger partial charge in [0, 0.05) is 22.0 Å². The molecule has 0 radical (unpaired) electrons. The van der Waals surface area contributed by atoms with E-state index in [4.69, 9.17) is 11.6 Å². The van der Waals surface area contributed by atoms with Crippen molar-refractivity contribution in [3.8, 4) is 0 Å². The summed E-state index contributed by atoms with van der Waals surface area (Å²) in [5, 5.41) is 23.1. The number of carbonyl (C=O) groups excluding carboxylic acids is 3. The molecule has 3 rings (SSSR count). The summed E-state index contributed by atoms with van der Waals surface area (Å²) >= 11 is 6.12. The molecule has 1 N–H and O–H groups in total. The largest absolute Gasteiger partial charge is 0.549 e. The second-order valence-electron chi connectivity index (χ2n) is 5.34. The van der Waals surface area contributed by atoms with E-state index >= 15 is 0 Å². The van der Waals surface area contributed by atoms with Crippen LogP contribution in [0.1, 0.15) is 27.5 Å². The fourth-order valence-corrected chi connectivity index (χ4v) is 3.04. The molecule has 2 aromatic carbocycles. The maximum absolute atomic E-state index is 12.8. The van der Waals surface area contributed by atoms with Crippen molar-refractivity contribution in [2.45, 2.75) is 5.92 Å². The van der Waals surface area contributed by atoms with Gasteiger partial charge in [0.05, 0.1) is 28.6 Å². The summed E-state index contributed by atoms with van der Waals surface area (Å²) in [6, 6.07) is 12.7. The Bertz CT molecular complexity index is 979. The van der Waals surface area contributed by atoms with Crippen molar-refractivity contribution in [2.24, 2.45) is 0 Å². The van der Waals surface area contributed by atoms with Crippen molar-refractivity contribution in [3.05, 3.63) is 70.4 Å². The molecule has 0 bridgehead atoms. The number of aromatic nitrogens is 1. The molecule has 126 valence electrons. The predicted octanol–water partition coefficient (Wildman–Crippen LogP) is 0.636. The molecule has 0 saturated heterocycles. The number of H-pyrrole nitrogens is 1. The van der Waals surface area contributed by atoms with Gasteiger partial charge in [0.25, 0.3) is 0 Å². The lowest BCUT2D eigenvalue weighted by Gasteiger charge is -2.20. The summed E-state index contributed by atoms with van der Waals surface area (Å²) in [5.74, 6) is -6.47. The number of carboxylic acid groups (broad SMARTS) is 2. The molecule has 3 aromatic rings. The normalized spacial score (nSPS) is 11.0. The summed E-state index contributed by atoms with van der Waals surface area (Å²) in [5.41, 5.74) is 0.165. The van der Waals surface area contributed by atoms with Gasteiger partial charge in [0.2, 0.25) is 5.78 Å². The van der Waals surface area contributed by atoms with Crippen LogP contribution in [0, 0.1) is 0 Å². The summed E-state index contributed by atoms with van der Waals surface area (Å²) in [7, 11) is 0. The van der Waals surface area contributed by atoms with Gasteiger partial charge >= 0.3 is 0 Å². The topological polar surface area (TPSA) is 113 Å². The molecule has 0 aliphatic rings. The Morgan fingerprint density at radius 3 is 2.16 bits per heavy atom. The summed E-state index contributed by atoms with van der Waals surface area (Å²) in [6.07, 6.45) is 0. The molecule has 0 saturated carbocycles. The Balaban J connectivity index is 2.34. The van der Waals surface area contributed by atoms with E-state index in [1.54, 1.807) is 30.3 Å². The van der Waals surface area contributed by atoms with Gasteiger partial charge in [-0.25, -0.2) is 0 Å². The Hall–Kier alpha value is -3.12. The molecule has 0 amide bonds. The van der Waals surface area contributed by atoms with Gasteiger partial charge in [-0.2, -0.15) is 0 Å². The third-order valence-corrected chi connectivity index (χ3v) is 4.15. The van der Waals surface area contributed by atoms with Crippen molar-refractivity contribution in [1.82, 2.24) is 4.98 Å². The average molecular weight is 356 g/mol. The number of benzene rings is 2. The molecule has 0 spiro atoms. The van der Waals surface area contributed by atoms with Crippen LogP contribution in [-0.4, -0.2) is 22.7 Å². The first-order chi connectivity index (χ1) is 11.9. The zero-order valence-electron chi connectivity index (χ0n) is 12.6. The molecular weight excluding hydrogens is 346 g/mol. The smallest absolute Gasteiger partial charge is 0.209 e. The minimum Gasteiger partial charge on any atom is -0.549 e. The molecule has 0 atom stereocenters. The van der Waals surface area contributed by atoms with E-state index in [2.05, 4.69) is 4.98 Å². The molecule has 1 heterocycles. The fraction of sp³-hybridized carbons (Fsp3) is 0.0556. The van der Waals surface area contributed by atoms with Crippen molar-refractivity contribution in [1.29, 1.82) is 0 Å². The second kappa shape index (κ2) is 6.41. The Kier molecular flexibility index (Phi) is 4.29. The highest BCUT2D eigenvalue weighted by Crippen LogP contribution is 2.35. The van der Waals surface area contributed by atoms with Crippen LogP contribution in [0.5, 0.6) is 0 Å². The molecule has 0 aliphatic heterocycles. The van der Waals surface area contributed by atoms with Crippen LogP contribution in [0.4, 0.5) is 0 Å². The maximum atomic E-state index is 12.8. The van der Waals surface area contributed by atoms with Crippen molar-refractivity contribution in [2.75, 3.05) is 0 Å². The van der Waals surface area contributed by atoms with Crippen LogP contribution in [0.3, 0.4) is 0 Å². The van der Waals surface area contributed by atoms with Gasteiger partial charge in [0.1, 0.15) is 0 Å². The van der Waals surface area contributed by atoms with Crippen molar-refractivity contribution >= 4 is 40.2 Å². The first-order valence-electron chi connectivity index (χ1n) is 7.23. The highest BCUT2D eigenvalue weighted by atomic mass is 35.5. The minimum atomic E-state index is -2.14. The highest BCUT2D eigenvalue weighted by molar-refractivity contribution is 6.36. The van der Waals surface area contributed by atoms with Crippen LogP contribution in [-0.2, 0) is 9.59 Å².